The molecule has 0 fully saturated rings. The average molecular weight is 292 g/mol. The number of carbonyl (C=O) groups is 1. The van der Waals surface area contributed by atoms with Gasteiger partial charge < -0.3 is 5.32 Å². The van der Waals surface area contributed by atoms with E-state index in [0.29, 0.717) is 22.0 Å². The van der Waals surface area contributed by atoms with Crippen molar-refractivity contribution in [2.75, 3.05) is 5.32 Å². The van der Waals surface area contributed by atoms with Gasteiger partial charge >= 0.3 is 0 Å². The van der Waals surface area contributed by atoms with Crippen molar-refractivity contribution in [3.63, 3.8) is 0 Å². The van der Waals surface area contributed by atoms with Crippen molar-refractivity contribution in [1.82, 2.24) is 0 Å². The molecule has 19 heavy (non-hydrogen) atoms. The third-order valence-corrected chi connectivity index (χ3v) is 3.76. The Kier molecular flexibility index (Phi) is 3.21. The van der Waals surface area contributed by atoms with Crippen LogP contribution in [-0.2, 0) is 0 Å². The standard InChI is InChI=1S/C15H11Cl2NO/c16-10-3-1-9(2-4-10)14-8-15(19)12-7-11(17)5-6-13(12)18-14/h1-7,14,18H,8H2. The van der Waals surface area contributed by atoms with Crippen LogP contribution in [-0.4, -0.2) is 5.78 Å². The highest BCUT2D eigenvalue weighted by molar-refractivity contribution is 6.31. The molecule has 0 aliphatic carbocycles. The van der Waals surface area contributed by atoms with E-state index in [9.17, 15) is 4.79 Å². The third-order valence-electron chi connectivity index (χ3n) is 3.27. The molecule has 4 heteroatoms. The Bertz CT molecular complexity index is 637. The largest absolute Gasteiger partial charge is 0.377 e. The van der Waals surface area contributed by atoms with Crippen LogP contribution < -0.4 is 5.32 Å². The van der Waals surface area contributed by atoms with Crippen molar-refractivity contribution in [3.05, 3.63) is 63.6 Å². The maximum absolute atomic E-state index is 12.2. The van der Waals surface area contributed by atoms with Gasteiger partial charge in [-0.25, -0.2) is 0 Å². The Morgan fingerprint density at radius 2 is 1.68 bits per heavy atom. The second-order valence-corrected chi connectivity index (χ2v) is 5.44. The lowest BCUT2D eigenvalue weighted by Gasteiger charge is -2.26. The van der Waals surface area contributed by atoms with Gasteiger partial charge in [-0.05, 0) is 35.9 Å². The van der Waals surface area contributed by atoms with Crippen molar-refractivity contribution >= 4 is 34.7 Å². The fourth-order valence-electron chi connectivity index (χ4n) is 2.30. The molecule has 1 aliphatic rings. The topological polar surface area (TPSA) is 29.1 Å². The van der Waals surface area contributed by atoms with Gasteiger partial charge in [-0.3, -0.25) is 4.79 Å². The van der Waals surface area contributed by atoms with Crippen LogP contribution in [0.2, 0.25) is 10.0 Å². The molecule has 1 aliphatic heterocycles. The Morgan fingerprint density at radius 1 is 1.00 bits per heavy atom. The molecule has 0 bridgehead atoms. The Hall–Kier alpha value is -1.51. The van der Waals surface area contributed by atoms with E-state index in [1.165, 1.54) is 0 Å². The Balaban J connectivity index is 1.95. The van der Waals surface area contributed by atoms with Gasteiger partial charge in [-0.2, -0.15) is 0 Å². The normalized spacial score (nSPS) is 17.8. The number of hydrogen-bond donors (Lipinski definition) is 1. The fourth-order valence-corrected chi connectivity index (χ4v) is 2.60. The van der Waals surface area contributed by atoms with Gasteiger partial charge in [0.05, 0.1) is 6.04 Å². The molecule has 0 spiro atoms. The van der Waals surface area contributed by atoms with E-state index in [0.717, 1.165) is 11.3 Å². The van der Waals surface area contributed by atoms with E-state index in [1.807, 2.05) is 30.3 Å². The van der Waals surface area contributed by atoms with E-state index in [4.69, 9.17) is 23.2 Å². The second-order valence-electron chi connectivity index (χ2n) is 4.57. The first kappa shape index (κ1) is 12.5. The van der Waals surface area contributed by atoms with Crippen LogP contribution in [0.5, 0.6) is 0 Å². The lowest BCUT2D eigenvalue weighted by molar-refractivity contribution is 0.0972. The predicted octanol–water partition coefficient (Wildman–Crippen LogP) is 4.73. The predicted molar refractivity (Wildman–Crippen MR) is 78.2 cm³/mol. The molecule has 3 rings (SSSR count). The van der Waals surface area contributed by atoms with Crippen LogP contribution in [0.3, 0.4) is 0 Å². The van der Waals surface area contributed by atoms with Gasteiger partial charge in [0.25, 0.3) is 0 Å². The fraction of sp³-hybridized carbons (Fsp3) is 0.133. The zero-order chi connectivity index (χ0) is 13.4. The third kappa shape index (κ3) is 2.46. The molecule has 0 amide bonds. The molecule has 0 radical (unpaired) electrons. The van der Waals surface area contributed by atoms with Gasteiger partial charge in [0.1, 0.15) is 0 Å². The lowest BCUT2D eigenvalue weighted by Crippen LogP contribution is -2.22. The SMILES string of the molecule is O=C1CC(c2ccc(Cl)cc2)Nc2ccc(Cl)cc21. The summed E-state index contributed by atoms with van der Waals surface area (Å²) in [5.74, 6) is 0.108. The molecule has 2 aromatic carbocycles. The number of anilines is 1. The van der Waals surface area contributed by atoms with E-state index < -0.39 is 0 Å². The maximum Gasteiger partial charge on any atom is 0.167 e. The van der Waals surface area contributed by atoms with E-state index in [2.05, 4.69) is 5.32 Å². The number of rotatable bonds is 1. The summed E-state index contributed by atoms with van der Waals surface area (Å²) in [4.78, 5) is 12.2. The summed E-state index contributed by atoms with van der Waals surface area (Å²) in [6.07, 6.45) is 0.426. The summed E-state index contributed by atoms with van der Waals surface area (Å²) in [6.45, 7) is 0. The quantitative estimate of drug-likeness (QED) is 0.823. The molecule has 2 aromatic rings. The van der Waals surface area contributed by atoms with E-state index in [-0.39, 0.29) is 11.8 Å². The number of fused-ring (bicyclic) bond motifs is 1. The Labute approximate surface area is 121 Å². The van der Waals surface area contributed by atoms with Crippen molar-refractivity contribution in [1.29, 1.82) is 0 Å². The zero-order valence-electron chi connectivity index (χ0n) is 9.99. The number of carbonyl (C=O) groups excluding carboxylic acids is 1. The van der Waals surface area contributed by atoms with Crippen molar-refractivity contribution in [3.8, 4) is 0 Å². The molecule has 2 nitrogen and oxygen atoms in total. The molecule has 1 N–H and O–H groups in total. The summed E-state index contributed by atoms with van der Waals surface area (Å²) >= 11 is 11.8. The smallest absolute Gasteiger partial charge is 0.167 e. The minimum absolute atomic E-state index is 0.0153. The monoisotopic (exact) mass is 291 g/mol. The van der Waals surface area contributed by atoms with Crippen LogP contribution in [0.1, 0.15) is 28.4 Å². The number of nitrogens with one attached hydrogen (secondary N) is 1. The zero-order valence-corrected chi connectivity index (χ0v) is 11.5. The molecule has 0 aromatic heterocycles. The van der Waals surface area contributed by atoms with E-state index in [1.54, 1.807) is 12.1 Å². The van der Waals surface area contributed by atoms with Crippen LogP contribution in [0.25, 0.3) is 0 Å². The number of Topliss-reactive ketones (excluding diaryl/α,β-unsaturated/α-hetero) is 1. The summed E-state index contributed by atoms with van der Waals surface area (Å²) in [7, 11) is 0. The average Bonchev–Trinajstić information content (AvgIpc) is 2.40. The molecule has 96 valence electrons. The molecule has 0 saturated carbocycles. The van der Waals surface area contributed by atoms with Crippen LogP contribution in [0, 0.1) is 0 Å². The Morgan fingerprint density at radius 3 is 2.42 bits per heavy atom. The molecule has 0 saturated heterocycles. The van der Waals surface area contributed by atoms with Gasteiger partial charge in [0.2, 0.25) is 0 Å². The minimum Gasteiger partial charge on any atom is -0.377 e. The minimum atomic E-state index is -0.0153. The van der Waals surface area contributed by atoms with Crippen molar-refractivity contribution in [2.24, 2.45) is 0 Å². The van der Waals surface area contributed by atoms with Crippen molar-refractivity contribution in [2.45, 2.75) is 12.5 Å². The number of hydrogen-bond acceptors (Lipinski definition) is 2. The van der Waals surface area contributed by atoms with Crippen LogP contribution in [0.4, 0.5) is 5.69 Å². The first-order valence-electron chi connectivity index (χ1n) is 5.98. The molecule has 1 atom stereocenters. The van der Waals surface area contributed by atoms with Crippen LogP contribution >= 0.6 is 23.2 Å². The maximum atomic E-state index is 12.2. The molecule has 1 heterocycles. The second kappa shape index (κ2) is 4.87. The highest BCUT2D eigenvalue weighted by Gasteiger charge is 2.25. The number of benzene rings is 2. The first-order chi connectivity index (χ1) is 9.13. The van der Waals surface area contributed by atoms with Gasteiger partial charge in [-0.1, -0.05) is 35.3 Å². The summed E-state index contributed by atoms with van der Waals surface area (Å²) < 4.78 is 0. The number of ketones is 1. The summed E-state index contributed by atoms with van der Waals surface area (Å²) in [5.41, 5.74) is 2.55. The van der Waals surface area contributed by atoms with Crippen LogP contribution in [0.15, 0.2) is 42.5 Å². The lowest BCUT2D eigenvalue weighted by atomic mass is 9.92. The van der Waals surface area contributed by atoms with E-state index >= 15 is 0 Å². The number of halogens is 2. The molecular weight excluding hydrogens is 281 g/mol. The van der Waals surface area contributed by atoms with Gasteiger partial charge in [-0.15, -0.1) is 0 Å². The highest BCUT2D eigenvalue weighted by atomic mass is 35.5. The summed E-state index contributed by atoms with van der Waals surface area (Å²) in [5, 5.41) is 4.64. The molecule has 1 unspecified atom stereocenters. The van der Waals surface area contributed by atoms with Gasteiger partial charge in [0, 0.05) is 27.7 Å². The molecular formula is C15H11Cl2NO. The highest BCUT2D eigenvalue weighted by Crippen LogP contribution is 2.34. The summed E-state index contributed by atoms with van der Waals surface area (Å²) in [6, 6.07) is 12.9. The van der Waals surface area contributed by atoms with Crippen molar-refractivity contribution < 1.29 is 4.79 Å². The first-order valence-corrected chi connectivity index (χ1v) is 6.74. The van der Waals surface area contributed by atoms with Gasteiger partial charge in [0.15, 0.2) is 5.78 Å².